The first-order chi connectivity index (χ1) is 9.68. The number of halogens is 1. The van der Waals surface area contributed by atoms with Crippen LogP contribution in [0.3, 0.4) is 0 Å². The molecule has 1 aromatic rings. The fourth-order valence-corrected chi connectivity index (χ4v) is 2.72. The van der Waals surface area contributed by atoms with E-state index in [2.05, 4.69) is 11.4 Å². The molecule has 0 amide bonds. The Hall–Kier alpha value is -1.39. The van der Waals surface area contributed by atoms with E-state index in [-0.39, 0.29) is 10.6 Å². The molecule has 0 saturated carbocycles. The summed E-state index contributed by atoms with van der Waals surface area (Å²) in [6.45, 7) is 1.26. The summed E-state index contributed by atoms with van der Waals surface area (Å²) < 4.78 is 0. The Morgan fingerprint density at radius 3 is 2.90 bits per heavy atom. The molecule has 1 aliphatic rings. The summed E-state index contributed by atoms with van der Waals surface area (Å²) in [6, 6.07) is 4.79. The lowest BCUT2D eigenvalue weighted by Crippen LogP contribution is -2.17. The molecule has 0 aliphatic heterocycles. The molecule has 0 unspecified atom stereocenters. The Morgan fingerprint density at radius 1 is 1.35 bits per heavy atom. The lowest BCUT2D eigenvalue weighted by atomic mass is 9.97. The fraction of sp³-hybridized carbons (Fsp3) is 0.467. The fourth-order valence-electron chi connectivity index (χ4n) is 2.49. The quantitative estimate of drug-likeness (QED) is 0.370. The van der Waals surface area contributed by atoms with E-state index in [1.165, 1.54) is 37.3 Å². The summed E-state index contributed by atoms with van der Waals surface area (Å²) >= 11 is 6.05. The SMILES string of the molecule is O=[N+]([O-])c1cccc(Cl)c1CNCCC1=CCCCC1. The molecule has 1 aliphatic carbocycles. The molecule has 20 heavy (non-hydrogen) atoms. The van der Waals surface area contributed by atoms with Crippen LogP contribution in [-0.2, 0) is 6.54 Å². The first-order valence-electron chi connectivity index (χ1n) is 6.99. The van der Waals surface area contributed by atoms with Crippen LogP contribution < -0.4 is 5.32 Å². The van der Waals surface area contributed by atoms with E-state index in [1.807, 2.05) is 0 Å². The molecule has 108 valence electrons. The predicted octanol–water partition coefficient (Wildman–Crippen LogP) is 4.23. The van der Waals surface area contributed by atoms with Gasteiger partial charge in [0.15, 0.2) is 0 Å². The Balaban J connectivity index is 1.87. The minimum Gasteiger partial charge on any atom is -0.312 e. The minimum absolute atomic E-state index is 0.0851. The van der Waals surface area contributed by atoms with Crippen molar-refractivity contribution in [3.8, 4) is 0 Å². The second-order valence-electron chi connectivity index (χ2n) is 5.03. The molecule has 1 aromatic carbocycles. The molecule has 1 N–H and O–H groups in total. The largest absolute Gasteiger partial charge is 0.312 e. The highest BCUT2D eigenvalue weighted by Crippen LogP contribution is 2.26. The number of nitrogens with zero attached hydrogens (tertiary/aromatic N) is 1. The van der Waals surface area contributed by atoms with Crippen LogP contribution in [0.2, 0.25) is 5.02 Å². The standard InChI is InChI=1S/C15H19ClN2O2/c16-14-7-4-8-15(18(19)20)13(14)11-17-10-9-12-5-2-1-3-6-12/h4-5,7-8,17H,1-3,6,9-11H2. The van der Waals surface area contributed by atoms with Gasteiger partial charge in [-0.25, -0.2) is 0 Å². The number of hydrogen-bond acceptors (Lipinski definition) is 3. The molecular weight excluding hydrogens is 276 g/mol. The highest BCUT2D eigenvalue weighted by atomic mass is 35.5. The second kappa shape index (κ2) is 7.41. The third-order valence-corrected chi connectivity index (χ3v) is 3.95. The van der Waals surface area contributed by atoms with Crippen molar-refractivity contribution < 1.29 is 4.92 Å². The van der Waals surface area contributed by atoms with Gasteiger partial charge in [-0.3, -0.25) is 10.1 Å². The number of nitro groups is 1. The average molecular weight is 295 g/mol. The van der Waals surface area contributed by atoms with Gasteiger partial charge in [0.1, 0.15) is 0 Å². The van der Waals surface area contributed by atoms with Crippen LogP contribution in [-0.4, -0.2) is 11.5 Å². The van der Waals surface area contributed by atoms with Crippen molar-refractivity contribution in [2.75, 3.05) is 6.54 Å². The molecule has 2 rings (SSSR count). The van der Waals surface area contributed by atoms with Gasteiger partial charge in [-0.05, 0) is 44.7 Å². The number of rotatable bonds is 6. The van der Waals surface area contributed by atoms with Crippen LogP contribution in [0.25, 0.3) is 0 Å². The molecule has 0 bridgehead atoms. The van der Waals surface area contributed by atoms with Crippen molar-refractivity contribution in [1.82, 2.24) is 5.32 Å². The zero-order valence-electron chi connectivity index (χ0n) is 11.4. The third-order valence-electron chi connectivity index (χ3n) is 3.60. The zero-order valence-corrected chi connectivity index (χ0v) is 12.2. The number of nitrogens with one attached hydrogen (secondary N) is 1. The maximum absolute atomic E-state index is 11.0. The highest BCUT2D eigenvalue weighted by Gasteiger charge is 2.15. The van der Waals surface area contributed by atoms with E-state index in [0.717, 1.165) is 13.0 Å². The van der Waals surface area contributed by atoms with Gasteiger partial charge < -0.3 is 5.32 Å². The van der Waals surface area contributed by atoms with E-state index in [4.69, 9.17) is 11.6 Å². The number of allylic oxidation sites excluding steroid dienone is 1. The van der Waals surface area contributed by atoms with Gasteiger partial charge in [-0.15, -0.1) is 0 Å². The first-order valence-corrected chi connectivity index (χ1v) is 7.36. The van der Waals surface area contributed by atoms with Gasteiger partial charge in [0, 0.05) is 12.6 Å². The number of hydrogen-bond donors (Lipinski definition) is 1. The van der Waals surface area contributed by atoms with Crippen LogP contribution in [0.4, 0.5) is 5.69 Å². The molecule has 0 atom stereocenters. The summed E-state index contributed by atoms with van der Waals surface area (Å²) in [7, 11) is 0. The molecule has 0 spiro atoms. The topological polar surface area (TPSA) is 55.2 Å². The number of benzene rings is 1. The Labute approximate surface area is 124 Å². The monoisotopic (exact) mass is 294 g/mol. The van der Waals surface area contributed by atoms with Gasteiger partial charge >= 0.3 is 0 Å². The van der Waals surface area contributed by atoms with Crippen LogP contribution in [0.5, 0.6) is 0 Å². The van der Waals surface area contributed by atoms with Crippen molar-refractivity contribution in [3.63, 3.8) is 0 Å². The first kappa shape index (κ1) is 15.0. The van der Waals surface area contributed by atoms with Crippen molar-refractivity contribution in [2.45, 2.75) is 38.6 Å². The zero-order chi connectivity index (χ0) is 14.4. The summed E-state index contributed by atoms with van der Waals surface area (Å²) in [5, 5.41) is 14.7. The van der Waals surface area contributed by atoms with Crippen molar-refractivity contribution in [1.29, 1.82) is 0 Å². The average Bonchev–Trinajstić information content (AvgIpc) is 2.45. The highest BCUT2D eigenvalue weighted by molar-refractivity contribution is 6.31. The Kier molecular flexibility index (Phi) is 5.56. The van der Waals surface area contributed by atoms with Gasteiger partial charge in [-0.2, -0.15) is 0 Å². The molecule has 0 radical (unpaired) electrons. The molecule has 4 nitrogen and oxygen atoms in total. The molecule has 0 aromatic heterocycles. The number of nitro benzene ring substituents is 1. The lowest BCUT2D eigenvalue weighted by Gasteiger charge is -2.13. The molecule has 5 heteroatoms. The minimum atomic E-state index is -0.382. The van der Waals surface area contributed by atoms with Crippen LogP contribution in [0.15, 0.2) is 29.8 Å². The van der Waals surface area contributed by atoms with E-state index in [9.17, 15) is 10.1 Å². The van der Waals surface area contributed by atoms with Crippen LogP contribution >= 0.6 is 11.6 Å². The molecule has 0 saturated heterocycles. The Bertz CT molecular complexity index is 515. The summed E-state index contributed by atoms with van der Waals surface area (Å²) in [4.78, 5) is 10.6. The van der Waals surface area contributed by atoms with Crippen LogP contribution in [0, 0.1) is 10.1 Å². The molecular formula is C15H19ClN2O2. The third kappa shape index (κ3) is 4.05. The molecule has 0 heterocycles. The van der Waals surface area contributed by atoms with E-state index in [0.29, 0.717) is 17.1 Å². The summed E-state index contributed by atoms with van der Waals surface area (Å²) in [6.07, 6.45) is 8.28. The van der Waals surface area contributed by atoms with Gasteiger partial charge in [0.05, 0.1) is 15.5 Å². The van der Waals surface area contributed by atoms with Gasteiger partial charge in [0.25, 0.3) is 5.69 Å². The maximum Gasteiger partial charge on any atom is 0.275 e. The normalized spacial score (nSPS) is 14.9. The smallest absolute Gasteiger partial charge is 0.275 e. The maximum atomic E-state index is 11.0. The summed E-state index contributed by atoms with van der Waals surface area (Å²) in [5.41, 5.74) is 2.15. The summed E-state index contributed by atoms with van der Waals surface area (Å²) in [5.74, 6) is 0. The van der Waals surface area contributed by atoms with Crippen molar-refractivity contribution in [3.05, 3.63) is 50.5 Å². The van der Waals surface area contributed by atoms with Crippen molar-refractivity contribution >= 4 is 17.3 Å². The van der Waals surface area contributed by atoms with E-state index < -0.39 is 0 Å². The van der Waals surface area contributed by atoms with Crippen LogP contribution in [0.1, 0.15) is 37.7 Å². The lowest BCUT2D eigenvalue weighted by molar-refractivity contribution is -0.385. The second-order valence-corrected chi connectivity index (χ2v) is 5.44. The van der Waals surface area contributed by atoms with Gasteiger partial charge in [-0.1, -0.05) is 29.3 Å². The predicted molar refractivity (Wildman–Crippen MR) is 81.0 cm³/mol. The van der Waals surface area contributed by atoms with E-state index in [1.54, 1.807) is 12.1 Å². The molecule has 0 fully saturated rings. The van der Waals surface area contributed by atoms with E-state index >= 15 is 0 Å². The van der Waals surface area contributed by atoms with Gasteiger partial charge in [0.2, 0.25) is 0 Å². The van der Waals surface area contributed by atoms with Crippen molar-refractivity contribution in [2.24, 2.45) is 0 Å². The Morgan fingerprint density at radius 2 is 2.20 bits per heavy atom.